The van der Waals surface area contributed by atoms with Crippen LogP contribution < -0.4 is 24.4 Å². The number of alkyl halides is 2. The van der Waals surface area contributed by atoms with Gasteiger partial charge in [0.05, 0.1) is 40.0 Å². The topological polar surface area (TPSA) is 79.1 Å². The van der Waals surface area contributed by atoms with Gasteiger partial charge in [-0.2, -0.15) is 8.78 Å². The lowest BCUT2D eigenvalue weighted by Crippen LogP contribution is -2.40. The molecule has 0 amide bonds. The molecule has 1 aromatic heterocycles. The summed E-state index contributed by atoms with van der Waals surface area (Å²) in [6.07, 6.45) is 2.92. The van der Waals surface area contributed by atoms with Gasteiger partial charge in [0.15, 0.2) is 4.80 Å². The smallest absolute Gasteiger partial charge is 0.387 e. The molecular formula is C27H25BrF2N2O5S. The Morgan fingerprint density at radius 3 is 2.55 bits per heavy atom. The van der Waals surface area contributed by atoms with E-state index in [1.165, 1.54) is 28.0 Å². The van der Waals surface area contributed by atoms with Gasteiger partial charge in [0.2, 0.25) is 0 Å². The number of hydrogen-bond acceptors (Lipinski definition) is 7. The maximum atomic E-state index is 13.8. The second kappa shape index (κ2) is 12.0. The highest BCUT2D eigenvalue weighted by Gasteiger charge is 2.34. The van der Waals surface area contributed by atoms with E-state index >= 15 is 0 Å². The number of rotatable bonds is 9. The first-order valence-corrected chi connectivity index (χ1v) is 13.5. The Hall–Kier alpha value is -3.31. The fourth-order valence-electron chi connectivity index (χ4n) is 4.19. The Balaban J connectivity index is 1.92. The fraction of sp³-hybridized carbons (Fsp3) is 0.296. The lowest BCUT2D eigenvalue weighted by molar-refractivity contribution is -0.139. The molecule has 38 heavy (non-hydrogen) atoms. The maximum absolute atomic E-state index is 13.8. The number of halogens is 3. The van der Waals surface area contributed by atoms with Crippen molar-refractivity contribution in [1.82, 2.24) is 4.57 Å². The van der Waals surface area contributed by atoms with Crippen LogP contribution in [-0.2, 0) is 9.53 Å². The second-order valence-corrected chi connectivity index (χ2v) is 10.1. The van der Waals surface area contributed by atoms with E-state index in [1.54, 1.807) is 44.4 Å². The summed E-state index contributed by atoms with van der Waals surface area (Å²) >= 11 is 4.70. The molecule has 11 heteroatoms. The molecule has 0 bridgehead atoms. The molecule has 2 aromatic carbocycles. The predicted octanol–water partition coefficient (Wildman–Crippen LogP) is 4.95. The number of benzene rings is 2. The third-order valence-corrected chi connectivity index (χ3v) is 7.39. The lowest BCUT2D eigenvalue weighted by atomic mass is 9.94. The molecule has 0 saturated heterocycles. The lowest BCUT2D eigenvalue weighted by Gasteiger charge is -2.26. The average molecular weight is 607 g/mol. The van der Waals surface area contributed by atoms with Gasteiger partial charge in [-0.3, -0.25) is 9.36 Å². The van der Waals surface area contributed by atoms with Gasteiger partial charge in [-0.05, 0) is 70.7 Å². The molecule has 0 radical (unpaired) electrons. The second-order valence-electron chi connectivity index (χ2n) is 8.26. The van der Waals surface area contributed by atoms with Crippen molar-refractivity contribution in [2.45, 2.75) is 39.3 Å². The number of fused-ring (bicyclic) bond motifs is 1. The number of nitrogens with zero attached hydrogens (tertiary/aromatic N) is 2. The summed E-state index contributed by atoms with van der Waals surface area (Å²) < 4.78 is 42.7. The molecule has 0 N–H and O–H groups in total. The molecule has 1 atom stereocenters. The Bertz CT molecular complexity index is 1550. The van der Waals surface area contributed by atoms with Crippen molar-refractivity contribution in [3.05, 3.63) is 89.0 Å². The molecule has 2 heterocycles. The summed E-state index contributed by atoms with van der Waals surface area (Å²) in [5.74, 6) is 0.100. The zero-order valence-corrected chi connectivity index (χ0v) is 23.3. The van der Waals surface area contributed by atoms with Gasteiger partial charge in [-0.15, -0.1) is 0 Å². The van der Waals surface area contributed by atoms with Gasteiger partial charge in [-0.1, -0.05) is 42.9 Å². The molecule has 1 aliphatic heterocycles. The van der Waals surface area contributed by atoms with E-state index in [4.69, 9.17) is 14.5 Å². The van der Waals surface area contributed by atoms with Gasteiger partial charge in [0.1, 0.15) is 11.5 Å². The molecule has 4 rings (SSSR count). The Morgan fingerprint density at radius 2 is 1.95 bits per heavy atom. The zero-order valence-electron chi connectivity index (χ0n) is 20.9. The number of carbonyl (C=O) groups excluding carboxylic acids is 1. The third kappa shape index (κ3) is 5.73. The summed E-state index contributed by atoms with van der Waals surface area (Å²) in [6, 6.07) is 10.6. The number of allylic oxidation sites excluding steroid dienone is 1. The average Bonchev–Trinajstić information content (AvgIpc) is 3.18. The number of methoxy groups -OCH3 is 1. The highest BCUT2D eigenvalue weighted by molar-refractivity contribution is 9.10. The number of hydrogen-bond donors (Lipinski definition) is 0. The van der Waals surface area contributed by atoms with E-state index in [0.717, 1.165) is 6.42 Å². The van der Waals surface area contributed by atoms with Crippen LogP contribution in [0, 0.1) is 0 Å². The summed E-state index contributed by atoms with van der Waals surface area (Å²) in [7, 11) is 1.55. The van der Waals surface area contributed by atoms with Crippen LogP contribution in [0.1, 0.15) is 43.9 Å². The Morgan fingerprint density at radius 1 is 1.21 bits per heavy atom. The van der Waals surface area contributed by atoms with Crippen molar-refractivity contribution in [2.24, 2.45) is 4.99 Å². The predicted molar refractivity (Wildman–Crippen MR) is 143 cm³/mol. The number of carbonyl (C=O) groups is 1. The van der Waals surface area contributed by atoms with Crippen LogP contribution in [0.5, 0.6) is 11.5 Å². The summed E-state index contributed by atoms with van der Waals surface area (Å²) in [6.45, 7) is 0.967. The molecule has 1 aliphatic rings. The minimum atomic E-state index is -2.92. The number of thiazole rings is 1. The van der Waals surface area contributed by atoms with Crippen LogP contribution in [0.2, 0.25) is 0 Å². The Kier molecular flexibility index (Phi) is 8.78. The van der Waals surface area contributed by atoms with Gasteiger partial charge in [-0.25, -0.2) is 9.79 Å². The van der Waals surface area contributed by atoms with Crippen molar-refractivity contribution in [1.29, 1.82) is 0 Å². The van der Waals surface area contributed by atoms with Gasteiger partial charge in [0.25, 0.3) is 5.56 Å². The van der Waals surface area contributed by atoms with E-state index < -0.39 is 18.6 Å². The standard InChI is InChI=1S/C27H25BrF2N2O5S/c1-4-6-19-22(25(34)36-5-2)23(16-9-12-20(35-3)18(28)14-16)32-24(33)21(38-27(32)31-19)13-15-7-10-17(11-8-15)37-26(29)30/h7-14,23,26H,4-6H2,1-3H3/b21-13+/t23-/m1/s1. The highest BCUT2D eigenvalue weighted by Crippen LogP contribution is 2.36. The normalized spacial score (nSPS) is 15.3. The van der Waals surface area contributed by atoms with Crippen LogP contribution in [-0.4, -0.2) is 30.9 Å². The summed E-state index contributed by atoms with van der Waals surface area (Å²) in [4.78, 5) is 32.2. The quantitative estimate of drug-likeness (QED) is 0.322. The highest BCUT2D eigenvalue weighted by atomic mass is 79.9. The Labute approximate surface area is 229 Å². The monoisotopic (exact) mass is 606 g/mol. The minimum Gasteiger partial charge on any atom is -0.496 e. The van der Waals surface area contributed by atoms with Crippen LogP contribution in [0.4, 0.5) is 8.78 Å². The minimum absolute atomic E-state index is 0.0204. The number of esters is 1. The molecule has 0 fully saturated rings. The van der Waals surface area contributed by atoms with Crippen molar-refractivity contribution in [2.75, 3.05) is 13.7 Å². The van der Waals surface area contributed by atoms with Gasteiger partial charge >= 0.3 is 12.6 Å². The van der Waals surface area contributed by atoms with Crippen molar-refractivity contribution in [3.63, 3.8) is 0 Å². The van der Waals surface area contributed by atoms with Crippen molar-refractivity contribution < 1.29 is 27.8 Å². The van der Waals surface area contributed by atoms with E-state index in [2.05, 4.69) is 20.7 Å². The molecule has 0 aliphatic carbocycles. The van der Waals surface area contributed by atoms with Crippen molar-refractivity contribution in [3.8, 4) is 11.5 Å². The van der Waals surface area contributed by atoms with Crippen LogP contribution in [0.3, 0.4) is 0 Å². The zero-order chi connectivity index (χ0) is 27.4. The van der Waals surface area contributed by atoms with Crippen LogP contribution >= 0.6 is 27.3 Å². The molecule has 3 aromatic rings. The number of aromatic nitrogens is 1. The molecule has 0 spiro atoms. The largest absolute Gasteiger partial charge is 0.496 e. The third-order valence-electron chi connectivity index (χ3n) is 5.79. The van der Waals surface area contributed by atoms with Crippen molar-refractivity contribution >= 4 is 39.3 Å². The number of ether oxygens (including phenoxy) is 3. The van der Waals surface area contributed by atoms with Crippen LogP contribution in [0.15, 0.2) is 68.0 Å². The summed E-state index contributed by atoms with van der Waals surface area (Å²) in [5.41, 5.74) is 1.86. The molecular weight excluding hydrogens is 582 g/mol. The molecule has 0 unspecified atom stereocenters. The van der Waals surface area contributed by atoms with E-state index in [9.17, 15) is 18.4 Å². The molecule has 0 saturated carbocycles. The van der Waals surface area contributed by atoms with E-state index in [1.807, 2.05) is 13.0 Å². The van der Waals surface area contributed by atoms with E-state index in [0.29, 0.717) is 48.4 Å². The van der Waals surface area contributed by atoms with Crippen LogP contribution in [0.25, 0.3) is 6.08 Å². The SMILES string of the molecule is CCCC1=C(C(=O)OCC)[C@@H](c2ccc(OC)c(Br)c2)n2c(s/c(=C/c3ccc(OC(F)F)cc3)c2=O)=N1. The summed E-state index contributed by atoms with van der Waals surface area (Å²) in [5, 5.41) is 0. The van der Waals surface area contributed by atoms with Gasteiger partial charge in [0, 0.05) is 0 Å². The van der Waals surface area contributed by atoms with Gasteiger partial charge < -0.3 is 14.2 Å². The maximum Gasteiger partial charge on any atom is 0.387 e. The first-order chi connectivity index (χ1) is 18.3. The van der Waals surface area contributed by atoms with E-state index in [-0.39, 0.29) is 17.9 Å². The first kappa shape index (κ1) is 27.7. The first-order valence-electron chi connectivity index (χ1n) is 11.9. The molecule has 7 nitrogen and oxygen atoms in total. The molecule has 200 valence electrons. The fourth-order valence-corrected chi connectivity index (χ4v) is 5.76.